The van der Waals surface area contributed by atoms with Crippen molar-refractivity contribution in [2.45, 2.75) is 31.3 Å². The van der Waals surface area contributed by atoms with Crippen LogP contribution < -0.4 is 0 Å². The highest BCUT2D eigenvalue weighted by molar-refractivity contribution is 5.13. The number of ether oxygens (including phenoxy) is 2. The summed E-state index contributed by atoms with van der Waals surface area (Å²) in [5, 5.41) is 19.2. The van der Waals surface area contributed by atoms with E-state index in [1.807, 2.05) is 30.3 Å². The van der Waals surface area contributed by atoms with Gasteiger partial charge in [-0.05, 0) is 25.3 Å². The Balaban J connectivity index is 2.60. The molecule has 20 heavy (non-hydrogen) atoms. The molecule has 0 fully saturated rings. The maximum absolute atomic E-state index is 10.3. The lowest BCUT2D eigenvalue weighted by Crippen LogP contribution is -2.43. The van der Waals surface area contributed by atoms with E-state index < -0.39 is 11.9 Å². The summed E-state index contributed by atoms with van der Waals surface area (Å²) < 4.78 is 11.1. The number of hydrogen-bond acceptors (Lipinski definition) is 4. The zero-order valence-electron chi connectivity index (χ0n) is 11.7. The van der Waals surface area contributed by atoms with Gasteiger partial charge in [-0.15, -0.1) is 6.58 Å². The summed E-state index contributed by atoms with van der Waals surface area (Å²) in [4.78, 5) is 0. The van der Waals surface area contributed by atoms with E-state index in [0.29, 0.717) is 19.4 Å². The molecule has 1 rings (SSSR count). The van der Waals surface area contributed by atoms with Gasteiger partial charge in [0.2, 0.25) is 0 Å². The second-order valence-electron chi connectivity index (χ2n) is 4.68. The van der Waals surface area contributed by atoms with Gasteiger partial charge < -0.3 is 19.7 Å². The van der Waals surface area contributed by atoms with Gasteiger partial charge >= 0.3 is 0 Å². The first-order valence-electron chi connectivity index (χ1n) is 6.67. The van der Waals surface area contributed by atoms with Crippen LogP contribution in [0.3, 0.4) is 0 Å². The molecule has 2 N–H and O–H groups in total. The minimum absolute atomic E-state index is 0.00923. The fourth-order valence-corrected chi connectivity index (χ4v) is 1.76. The van der Waals surface area contributed by atoms with E-state index >= 15 is 0 Å². The van der Waals surface area contributed by atoms with Crippen molar-refractivity contribution in [3.8, 4) is 0 Å². The van der Waals surface area contributed by atoms with E-state index in [1.165, 1.54) is 0 Å². The van der Waals surface area contributed by atoms with Crippen LogP contribution in [0.4, 0.5) is 0 Å². The largest absolute Gasteiger partial charge is 0.396 e. The number of aliphatic hydroxyl groups is 2. The van der Waals surface area contributed by atoms with Crippen molar-refractivity contribution in [1.29, 1.82) is 0 Å². The van der Waals surface area contributed by atoms with Crippen LogP contribution in [0.5, 0.6) is 0 Å². The lowest BCUT2D eigenvalue weighted by molar-refractivity contribution is -0.226. The highest BCUT2D eigenvalue weighted by atomic mass is 16.7. The van der Waals surface area contributed by atoms with Gasteiger partial charge in [0, 0.05) is 6.61 Å². The van der Waals surface area contributed by atoms with Crippen LogP contribution in [0.25, 0.3) is 0 Å². The van der Waals surface area contributed by atoms with Crippen LogP contribution in [0.1, 0.15) is 18.4 Å². The van der Waals surface area contributed by atoms with Crippen molar-refractivity contribution >= 4 is 0 Å². The normalized spacial score (nSPS) is 15.6. The Morgan fingerprint density at radius 2 is 1.95 bits per heavy atom. The molecule has 0 aliphatic heterocycles. The third-order valence-corrected chi connectivity index (χ3v) is 2.82. The molecule has 0 heterocycles. The third kappa shape index (κ3) is 5.84. The molecule has 0 saturated heterocycles. The smallest absolute Gasteiger partial charge is 0.187 e. The maximum atomic E-state index is 10.3. The molecule has 0 bridgehead atoms. The van der Waals surface area contributed by atoms with Crippen LogP contribution in [-0.2, 0) is 16.1 Å². The standard InChI is InChI=1S/C16H23O4/c1-3-12-19-15(16(2,18)10-7-11-17)20-13-14-8-5-4-6-9-14/h3-6,8-9,15,17-18H,1-2,7,10-13H2. The lowest BCUT2D eigenvalue weighted by atomic mass is 9.99. The monoisotopic (exact) mass is 279 g/mol. The fraction of sp³-hybridized carbons (Fsp3) is 0.438. The molecule has 2 unspecified atom stereocenters. The Kier molecular flexibility index (Phi) is 7.47. The molecule has 0 spiro atoms. The van der Waals surface area contributed by atoms with E-state index in [0.717, 1.165) is 5.56 Å². The average Bonchev–Trinajstić information content (AvgIpc) is 2.46. The number of aliphatic hydroxyl groups excluding tert-OH is 1. The van der Waals surface area contributed by atoms with E-state index in [2.05, 4.69) is 13.5 Å². The third-order valence-electron chi connectivity index (χ3n) is 2.82. The molecular formula is C16H23O4. The van der Waals surface area contributed by atoms with Crippen molar-refractivity contribution in [1.82, 2.24) is 0 Å². The Hall–Kier alpha value is -1.20. The molecule has 2 atom stereocenters. The number of hydrogen-bond donors (Lipinski definition) is 2. The van der Waals surface area contributed by atoms with Crippen molar-refractivity contribution < 1.29 is 19.7 Å². The zero-order valence-corrected chi connectivity index (χ0v) is 11.7. The molecule has 0 amide bonds. The molecule has 4 heteroatoms. The highest BCUT2D eigenvalue weighted by Crippen LogP contribution is 2.21. The minimum atomic E-state index is -1.40. The molecule has 4 nitrogen and oxygen atoms in total. The molecule has 111 valence electrons. The fourth-order valence-electron chi connectivity index (χ4n) is 1.76. The Labute approximate surface area is 120 Å². The van der Waals surface area contributed by atoms with E-state index in [1.54, 1.807) is 6.08 Å². The molecule has 0 saturated carbocycles. The second kappa shape index (κ2) is 8.87. The molecule has 1 aromatic carbocycles. The number of rotatable bonds is 10. The van der Waals surface area contributed by atoms with Gasteiger partial charge in [-0.25, -0.2) is 0 Å². The first-order chi connectivity index (χ1) is 9.60. The first kappa shape index (κ1) is 16.9. The van der Waals surface area contributed by atoms with Gasteiger partial charge in [0.15, 0.2) is 6.29 Å². The minimum Gasteiger partial charge on any atom is -0.396 e. The van der Waals surface area contributed by atoms with Gasteiger partial charge in [-0.2, -0.15) is 0 Å². The Morgan fingerprint density at radius 1 is 1.25 bits per heavy atom. The van der Waals surface area contributed by atoms with Crippen LogP contribution in [0, 0.1) is 6.92 Å². The van der Waals surface area contributed by atoms with Crippen LogP contribution in [-0.4, -0.2) is 35.3 Å². The van der Waals surface area contributed by atoms with Gasteiger partial charge in [-0.3, -0.25) is 0 Å². The first-order valence-corrected chi connectivity index (χ1v) is 6.67. The van der Waals surface area contributed by atoms with E-state index in [4.69, 9.17) is 14.6 Å². The summed E-state index contributed by atoms with van der Waals surface area (Å²) in [6.45, 7) is 7.88. The highest BCUT2D eigenvalue weighted by Gasteiger charge is 2.33. The van der Waals surface area contributed by atoms with Crippen LogP contribution >= 0.6 is 0 Å². The van der Waals surface area contributed by atoms with Gasteiger partial charge in [0.05, 0.1) is 13.2 Å². The summed E-state index contributed by atoms with van der Waals surface area (Å²) in [6.07, 6.45) is 1.44. The van der Waals surface area contributed by atoms with Crippen molar-refractivity contribution in [3.63, 3.8) is 0 Å². The summed E-state index contributed by atoms with van der Waals surface area (Å²) in [5.74, 6) is 0. The van der Waals surface area contributed by atoms with Gasteiger partial charge in [0.25, 0.3) is 0 Å². The zero-order chi connectivity index (χ0) is 14.8. The molecule has 0 aliphatic rings. The number of benzene rings is 1. The van der Waals surface area contributed by atoms with Crippen LogP contribution in [0.15, 0.2) is 43.0 Å². The van der Waals surface area contributed by atoms with Gasteiger partial charge in [0.1, 0.15) is 5.60 Å². The molecule has 1 aromatic rings. The van der Waals surface area contributed by atoms with E-state index in [-0.39, 0.29) is 13.2 Å². The summed E-state index contributed by atoms with van der Waals surface area (Å²) in [5.41, 5.74) is -0.418. The topological polar surface area (TPSA) is 58.9 Å². The average molecular weight is 279 g/mol. The quantitative estimate of drug-likeness (QED) is 0.508. The summed E-state index contributed by atoms with van der Waals surface area (Å²) in [6, 6.07) is 9.62. The molecular weight excluding hydrogens is 256 g/mol. The SMILES string of the molecule is [CH2]C(O)(CCCO)C(OCC=C)OCc1ccccc1. The molecule has 0 aliphatic carbocycles. The predicted molar refractivity (Wildman–Crippen MR) is 77.8 cm³/mol. The Bertz CT molecular complexity index is 375. The second-order valence-corrected chi connectivity index (χ2v) is 4.68. The van der Waals surface area contributed by atoms with Crippen molar-refractivity contribution in [2.24, 2.45) is 0 Å². The maximum Gasteiger partial charge on any atom is 0.187 e. The van der Waals surface area contributed by atoms with Crippen molar-refractivity contribution in [3.05, 3.63) is 55.5 Å². The van der Waals surface area contributed by atoms with Crippen LogP contribution in [0.2, 0.25) is 0 Å². The van der Waals surface area contributed by atoms with Crippen molar-refractivity contribution in [2.75, 3.05) is 13.2 Å². The predicted octanol–water partition coefficient (Wildman–Crippen LogP) is 2.07. The molecule has 1 radical (unpaired) electrons. The Morgan fingerprint density at radius 3 is 2.55 bits per heavy atom. The summed E-state index contributed by atoms with van der Waals surface area (Å²) in [7, 11) is 0. The van der Waals surface area contributed by atoms with Gasteiger partial charge in [-0.1, -0.05) is 36.4 Å². The van der Waals surface area contributed by atoms with E-state index in [9.17, 15) is 5.11 Å². The lowest BCUT2D eigenvalue weighted by Gasteiger charge is -2.32. The molecule has 0 aromatic heterocycles. The summed E-state index contributed by atoms with van der Waals surface area (Å²) >= 11 is 0.